The number of nitrogens with zero attached hydrogens (tertiary/aromatic N) is 2. The van der Waals surface area contributed by atoms with Crippen LogP contribution in [0.2, 0.25) is 0 Å². The molecule has 0 bridgehead atoms. The molecule has 1 saturated heterocycles. The van der Waals surface area contributed by atoms with E-state index in [0.29, 0.717) is 30.8 Å². The summed E-state index contributed by atoms with van der Waals surface area (Å²) >= 11 is 1.30. The van der Waals surface area contributed by atoms with Crippen molar-refractivity contribution in [3.8, 4) is 0 Å². The minimum Gasteiger partial charge on any atom is -0.396 e. The Morgan fingerprint density at radius 1 is 1.18 bits per heavy atom. The van der Waals surface area contributed by atoms with E-state index in [-0.39, 0.29) is 34.7 Å². The predicted molar refractivity (Wildman–Crippen MR) is 148 cm³/mol. The van der Waals surface area contributed by atoms with E-state index in [1.807, 2.05) is 18.7 Å². The van der Waals surface area contributed by atoms with Crippen LogP contribution in [0.25, 0.3) is 0 Å². The van der Waals surface area contributed by atoms with Crippen molar-refractivity contribution in [3.05, 3.63) is 40.4 Å². The highest BCUT2D eigenvalue weighted by Gasteiger charge is 2.59. The van der Waals surface area contributed by atoms with Crippen molar-refractivity contribution in [2.24, 2.45) is 16.7 Å². The lowest BCUT2D eigenvalue weighted by atomic mass is 9.47. The molecular weight excluding hydrogens is 522 g/mol. The van der Waals surface area contributed by atoms with Gasteiger partial charge in [0.1, 0.15) is 0 Å². The minimum absolute atomic E-state index is 0.0718. The van der Waals surface area contributed by atoms with Gasteiger partial charge in [0.2, 0.25) is 5.91 Å². The topological polar surface area (TPSA) is 120 Å². The van der Waals surface area contributed by atoms with Gasteiger partial charge in [0.15, 0.2) is 5.13 Å². The number of carbonyl (C=O) groups is 1. The maximum atomic E-state index is 13.5. The van der Waals surface area contributed by atoms with Gasteiger partial charge in [0.25, 0.3) is 10.0 Å². The van der Waals surface area contributed by atoms with Gasteiger partial charge >= 0.3 is 0 Å². The van der Waals surface area contributed by atoms with Crippen LogP contribution < -0.4 is 4.72 Å². The molecule has 1 amide bonds. The first-order valence-corrected chi connectivity index (χ1v) is 15.9. The molecule has 2 aromatic rings. The molecule has 5 atom stereocenters. The molecule has 1 aromatic heterocycles. The molecule has 208 valence electrons. The first-order valence-electron chi connectivity index (χ1n) is 13.6. The smallest absolute Gasteiger partial charge is 0.263 e. The number of hydrogen-bond donors (Lipinski definition) is 3. The summed E-state index contributed by atoms with van der Waals surface area (Å²) in [5.74, 6) is -0.190. The molecule has 1 aromatic carbocycles. The van der Waals surface area contributed by atoms with E-state index in [1.54, 1.807) is 24.3 Å². The number of nitrogens with one attached hydrogen (secondary N) is 1. The van der Waals surface area contributed by atoms with E-state index >= 15 is 0 Å². The van der Waals surface area contributed by atoms with E-state index < -0.39 is 21.5 Å². The van der Waals surface area contributed by atoms with Crippen LogP contribution in [0.1, 0.15) is 74.4 Å². The van der Waals surface area contributed by atoms with Crippen molar-refractivity contribution >= 4 is 32.4 Å². The molecule has 1 saturated carbocycles. The first-order chi connectivity index (χ1) is 18.0. The Hall–Kier alpha value is -2.01. The van der Waals surface area contributed by atoms with E-state index in [9.17, 15) is 23.4 Å². The molecule has 2 fully saturated rings. The number of amides is 1. The number of aliphatic hydroxyl groups excluding tert-OH is 2. The monoisotopic (exact) mass is 561 g/mol. The lowest BCUT2D eigenvalue weighted by Crippen LogP contribution is -2.57. The highest BCUT2D eigenvalue weighted by Crippen LogP contribution is 2.63. The zero-order valence-electron chi connectivity index (χ0n) is 22.4. The van der Waals surface area contributed by atoms with Gasteiger partial charge in [-0.15, -0.1) is 11.3 Å². The van der Waals surface area contributed by atoms with Gasteiger partial charge in [-0.25, -0.2) is 13.4 Å². The van der Waals surface area contributed by atoms with E-state index in [4.69, 9.17) is 4.98 Å². The van der Waals surface area contributed by atoms with Crippen molar-refractivity contribution in [2.45, 2.75) is 82.6 Å². The summed E-state index contributed by atoms with van der Waals surface area (Å²) in [6.45, 7) is 7.40. The number of fused-ring (bicyclic) bond motifs is 2. The van der Waals surface area contributed by atoms with Gasteiger partial charge in [-0.05, 0) is 68.9 Å². The second-order valence-corrected chi connectivity index (χ2v) is 14.7. The Bertz CT molecular complexity index is 1290. The fraction of sp³-hybridized carbons (Fsp3) is 0.643. The van der Waals surface area contributed by atoms with Crippen LogP contribution >= 0.6 is 11.3 Å². The molecular formula is C28H39N3O5S2. The molecule has 3 N–H and O–H groups in total. The molecule has 0 radical (unpaired) electrons. The number of thiazole rings is 1. The standard InChI is InChI=1S/C28H39N3O5S2/c1-18-7-9-19(10-8-18)38(35,36)30-26-29-25-20(15-24(34)31-13-5-4-6-14-31)27(2)12-11-23(33)28(3,17-32)22(27)16-21(25)37-26/h7-10,20,22-23,32-33H,4-6,11-17H2,1-3H3,(H,29,30)/t20-,22+,23-,27+,28+/m1/s1. The Kier molecular flexibility index (Phi) is 7.39. The zero-order valence-corrected chi connectivity index (χ0v) is 24.1. The third-order valence-electron chi connectivity index (χ3n) is 9.53. The molecule has 0 spiro atoms. The Labute approximate surface area is 229 Å². The minimum atomic E-state index is -3.82. The van der Waals surface area contributed by atoms with Gasteiger partial charge in [-0.2, -0.15) is 0 Å². The van der Waals surface area contributed by atoms with E-state index in [2.05, 4.69) is 11.6 Å². The van der Waals surface area contributed by atoms with Crippen LogP contribution in [-0.4, -0.2) is 60.2 Å². The number of rotatable bonds is 6. The van der Waals surface area contributed by atoms with Gasteiger partial charge < -0.3 is 15.1 Å². The number of aryl methyl sites for hydroxylation is 1. The molecule has 2 heterocycles. The third-order valence-corrected chi connectivity index (χ3v) is 12.0. The second-order valence-electron chi connectivity index (χ2n) is 11.9. The molecule has 10 heteroatoms. The van der Waals surface area contributed by atoms with Crippen molar-refractivity contribution in [1.82, 2.24) is 9.88 Å². The summed E-state index contributed by atoms with van der Waals surface area (Å²) in [4.78, 5) is 21.4. The number of likely N-dealkylation sites (tertiary alicyclic amines) is 1. The number of piperidine rings is 1. The molecule has 2 aliphatic carbocycles. The Balaban J connectivity index is 1.52. The molecule has 3 aliphatic rings. The van der Waals surface area contributed by atoms with Gasteiger partial charge in [0.05, 0.1) is 23.3 Å². The largest absolute Gasteiger partial charge is 0.396 e. The van der Waals surface area contributed by atoms with E-state index in [1.165, 1.54) is 11.3 Å². The Morgan fingerprint density at radius 3 is 2.53 bits per heavy atom. The Morgan fingerprint density at radius 2 is 1.87 bits per heavy atom. The highest BCUT2D eigenvalue weighted by atomic mass is 32.2. The number of anilines is 1. The quantitative estimate of drug-likeness (QED) is 0.489. The van der Waals surface area contributed by atoms with Gasteiger partial charge in [-0.3, -0.25) is 9.52 Å². The number of carbonyl (C=O) groups excluding carboxylic acids is 1. The SMILES string of the molecule is Cc1ccc(S(=O)(=O)Nc2nc3c(s2)C[C@@H]2[C@](C)(CO)[C@H](O)CC[C@@]2(C)[C@@H]3CC(=O)N2CCCCC2)cc1. The highest BCUT2D eigenvalue weighted by molar-refractivity contribution is 7.93. The molecule has 0 unspecified atom stereocenters. The number of hydrogen-bond acceptors (Lipinski definition) is 7. The second kappa shape index (κ2) is 10.2. The average molecular weight is 562 g/mol. The molecule has 1 aliphatic heterocycles. The number of aliphatic hydroxyl groups is 2. The molecule has 8 nitrogen and oxygen atoms in total. The maximum absolute atomic E-state index is 13.5. The van der Waals surface area contributed by atoms with Crippen molar-refractivity contribution in [1.29, 1.82) is 0 Å². The van der Waals surface area contributed by atoms with Gasteiger partial charge in [-0.1, -0.05) is 31.5 Å². The van der Waals surface area contributed by atoms with Crippen LogP contribution in [0.5, 0.6) is 0 Å². The maximum Gasteiger partial charge on any atom is 0.263 e. The van der Waals surface area contributed by atoms with Crippen molar-refractivity contribution in [2.75, 3.05) is 24.4 Å². The van der Waals surface area contributed by atoms with Crippen LogP contribution in [-0.2, 0) is 21.2 Å². The zero-order chi connectivity index (χ0) is 27.3. The predicted octanol–water partition coefficient (Wildman–Crippen LogP) is 4.07. The first kappa shape index (κ1) is 27.6. The van der Waals surface area contributed by atoms with E-state index in [0.717, 1.165) is 48.5 Å². The molecule has 5 rings (SSSR count). The van der Waals surface area contributed by atoms with Crippen LogP contribution in [0, 0.1) is 23.7 Å². The summed E-state index contributed by atoms with van der Waals surface area (Å²) in [5.41, 5.74) is 0.677. The summed E-state index contributed by atoms with van der Waals surface area (Å²) in [5, 5.41) is 21.7. The van der Waals surface area contributed by atoms with Crippen molar-refractivity contribution in [3.63, 3.8) is 0 Å². The summed E-state index contributed by atoms with van der Waals surface area (Å²) in [6, 6.07) is 6.68. The normalized spacial score (nSPS) is 31.4. The third kappa shape index (κ3) is 4.78. The fourth-order valence-corrected chi connectivity index (χ4v) is 9.33. The lowest BCUT2D eigenvalue weighted by molar-refractivity contribution is -0.147. The number of benzene rings is 1. The summed E-state index contributed by atoms with van der Waals surface area (Å²) in [6.07, 6.45) is 4.66. The summed E-state index contributed by atoms with van der Waals surface area (Å²) < 4.78 is 28.9. The number of sulfonamides is 1. The van der Waals surface area contributed by atoms with Gasteiger partial charge in [0, 0.05) is 35.7 Å². The molecule has 38 heavy (non-hydrogen) atoms. The van der Waals surface area contributed by atoms with Crippen molar-refractivity contribution < 1.29 is 23.4 Å². The summed E-state index contributed by atoms with van der Waals surface area (Å²) in [7, 11) is -3.82. The lowest BCUT2D eigenvalue weighted by Gasteiger charge is -2.58. The average Bonchev–Trinajstić information content (AvgIpc) is 3.29. The fourth-order valence-electron chi connectivity index (χ4n) is 7.03. The van der Waals surface area contributed by atoms with Crippen LogP contribution in [0.15, 0.2) is 29.2 Å². The number of aromatic nitrogens is 1. The van der Waals surface area contributed by atoms with Crippen LogP contribution in [0.3, 0.4) is 0 Å². The van der Waals surface area contributed by atoms with Crippen LogP contribution in [0.4, 0.5) is 5.13 Å².